The van der Waals surface area contributed by atoms with Gasteiger partial charge in [-0.05, 0) is 22.9 Å². The van der Waals surface area contributed by atoms with E-state index in [9.17, 15) is 0 Å². The minimum Gasteiger partial charge on any atom is -0.333 e. The van der Waals surface area contributed by atoms with Gasteiger partial charge in [0.1, 0.15) is 4.84 Å². The first-order valence-corrected chi connectivity index (χ1v) is 4.31. The molecule has 2 atom stereocenters. The average molecular weight is 254 g/mol. The Labute approximate surface area is 76.7 Å². The van der Waals surface area contributed by atoms with E-state index >= 15 is 0 Å². The van der Waals surface area contributed by atoms with E-state index in [0.717, 1.165) is 0 Å². The van der Waals surface area contributed by atoms with E-state index in [2.05, 4.69) is 15.9 Å². The van der Waals surface area contributed by atoms with E-state index in [4.69, 9.17) is 39.5 Å². The quantitative estimate of drug-likeness (QED) is 0.518. The largest absolute Gasteiger partial charge is 0.333 e. The molecule has 5 heteroatoms. The standard InChI is InChI=1S/C4H4BrCl3O/c1-3(2(6)7)4(5,8)9-3/h2H,1H3. The molecule has 0 aromatic rings. The van der Waals surface area contributed by atoms with E-state index in [1.165, 1.54) is 0 Å². The predicted molar refractivity (Wildman–Crippen MR) is 42.5 cm³/mol. The van der Waals surface area contributed by atoms with Gasteiger partial charge in [0.2, 0.25) is 3.97 Å². The zero-order valence-corrected chi connectivity index (χ0v) is 8.35. The van der Waals surface area contributed by atoms with Gasteiger partial charge in [0, 0.05) is 0 Å². The summed E-state index contributed by atoms with van der Waals surface area (Å²) >= 11 is 19.8. The Morgan fingerprint density at radius 1 is 1.56 bits per heavy atom. The van der Waals surface area contributed by atoms with Crippen molar-refractivity contribution in [1.82, 2.24) is 0 Å². The fraction of sp³-hybridized carbons (Fsp3) is 1.00. The molecule has 2 unspecified atom stereocenters. The molecule has 0 radical (unpaired) electrons. The third-order valence-electron chi connectivity index (χ3n) is 1.29. The molecule has 9 heavy (non-hydrogen) atoms. The minimum absolute atomic E-state index is 0.602. The summed E-state index contributed by atoms with van der Waals surface area (Å²) in [6.07, 6.45) is 0. The van der Waals surface area contributed by atoms with Gasteiger partial charge in [-0.3, -0.25) is 0 Å². The second-order valence-electron chi connectivity index (χ2n) is 2.03. The van der Waals surface area contributed by atoms with Gasteiger partial charge in [-0.25, -0.2) is 0 Å². The van der Waals surface area contributed by atoms with Gasteiger partial charge in [0.25, 0.3) is 0 Å². The van der Waals surface area contributed by atoms with E-state index < -0.39 is 14.4 Å². The minimum atomic E-state index is -0.853. The van der Waals surface area contributed by atoms with Crippen LogP contribution in [0.2, 0.25) is 0 Å². The average Bonchev–Trinajstić information content (AvgIpc) is 2.08. The summed E-state index contributed by atoms with van der Waals surface area (Å²) in [6.45, 7) is 1.74. The van der Waals surface area contributed by atoms with Crippen LogP contribution < -0.4 is 0 Å². The summed E-state index contributed by atoms with van der Waals surface area (Å²) in [6, 6.07) is 0. The third-order valence-corrected chi connectivity index (χ3v) is 3.53. The molecule has 0 aromatic carbocycles. The number of epoxide rings is 1. The van der Waals surface area contributed by atoms with Crippen LogP contribution >= 0.6 is 50.7 Å². The number of ether oxygens (including phenoxy) is 1. The monoisotopic (exact) mass is 252 g/mol. The lowest BCUT2D eigenvalue weighted by atomic mass is 10.2. The van der Waals surface area contributed by atoms with Crippen LogP contribution in [-0.2, 0) is 4.74 Å². The second kappa shape index (κ2) is 2.15. The van der Waals surface area contributed by atoms with Crippen LogP contribution in [0.3, 0.4) is 0 Å². The Hall–Kier alpha value is 1.31. The maximum absolute atomic E-state index is 5.67. The van der Waals surface area contributed by atoms with Gasteiger partial charge in [0.15, 0.2) is 5.60 Å². The van der Waals surface area contributed by atoms with E-state index in [1.54, 1.807) is 6.92 Å². The number of hydrogen-bond donors (Lipinski definition) is 0. The highest BCUT2D eigenvalue weighted by Crippen LogP contribution is 2.59. The van der Waals surface area contributed by atoms with Crippen molar-refractivity contribution in [3.63, 3.8) is 0 Å². The lowest BCUT2D eigenvalue weighted by Crippen LogP contribution is -2.20. The second-order valence-corrected chi connectivity index (χ2v) is 5.23. The van der Waals surface area contributed by atoms with Crippen LogP contribution in [-0.4, -0.2) is 14.4 Å². The zero-order valence-electron chi connectivity index (χ0n) is 4.50. The molecule has 0 amide bonds. The molecule has 1 aliphatic heterocycles. The number of halogens is 4. The Balaban J connectivity index is 2.63. The summed E-state index contributed by atoms with van der Waals surface area (Å²) in [4.78, 5) is -0.602. The number of hydrogen-bond acceptors (Lipinski definition) is 1. The van der Waals surface area contributed by atoms with Crippen molar-refractivity contribution in [2.75, 3.05) is 0 Å². The molecule has 0 bridgehead atoms. The molecule has 1 heterocycles. The Morgan fingerprint density at radius 3 is 1.89 bits per heavy atom. The van der Waals surface area contributed by atoms with Crippen LogP contribution in [0, 0.1) is 0 Å². The van der Waals surface area contributed by atoms with E-state index in [1.807, 2.05) is 0 Å². The van der Waals surface area contributed by atoms with Crippen molar-refractivity contribution in [1.29, 1.82) is 0 Å². The van der Waals surface area contributed by atoms with Gasteiger partial charge < -0.3 is 4.74 Å². The summed E-state index contributed by atoms with van der Waals surface area (Å²) in [5.74, 6) is 0. The van der Waals surface area contributed by atoms with Gasteiger partial charge >= 0.3 is 0 Å². The molecule has 1 rings (SSSR count). The van der Waals surface area contributed by atoms with E-state index in [0.29, 0.717) is 0 Å². The molecular formula is C4H4BrCl3O. The number of rotatable bonds is 1. The Bertz CT molecular complexity index is 138. The summed E-state index contributed by atoms with van der Waals surface area (Å²) in [5, 5.41) is 0. The maximum atomic E-state index is 5.67. The highest BCUT2D eigenvalue weighted by atomic mass is 79.9. The van der Waals surface area contributed by atoms with Crippen molar-refractivity contribution >= 4 is 50.7 Å². The normalized spacial score (nSPS) is 50.0. The van der Waals surface area contributed by atoms with Crippen LogP contribution in [0.1, 0.15) is 6.92 Å². The van der Waals surface area contributed by atoms with E-state index in [-0.39, 0.29) is 0 Å². The van der Waals surface area contributed by atoms with Gasteiger partial charge in [-0.15, -0.1) is 23.2 Å². The molecule has 0 saturated carbocycles. The summed E-state index contributed by atoms with van der Waals surface area (Å²) < 4.78 is 4.12. The van der Waals surface area contributed by atoms with Crippen LogP contribution in [0.15, 0.2) is 0 Å². The molecule has 1 nitrogen and oxygen atoms in total. The first kappa shape index (κ1) is 8.41. The smallest absolute Gasteiger partial charge is 0.230 e. The zero-order chi connectivity index (χ0) is 7.28. The first-order chi connectivity index (χ1) is 3.90. The molecular weight excluding hydrogens is 250 g/mol. The molecule has 0 aliphatic carbocycles. The molecule has 54 valence electrons. The topological polar surface area (TPSA) is 12.5 Å². The van der Waals surface area contributed by atoms with Crippen LogP contribution in [0.4, 0.5) is 0 Å². The van der Waals surface area contributed by atoms with Crippen LogP contribution in [0.25, 0.3) is 0 Å². The van der Waals surface area contributed by atoms with Crippen molar-refractivity contribution in [3.8, 4) is 0 Å². The highest BCUT2D eigenvalue weighted by Gasteiger charge is 2.68. The van der Waals surface area contributed by atoms with Crippen molar-refractivity contribution in [3.05, 3.63) is 0 Å². The first-order valence-electron chi connectivity index (χ1n) is 2.26. The lowest BCUT2D eigenvalue weighted by molar-refractivity contribution is 0.329. The van der Waals surface area contributed by atoms with Gasteiger partial charge in [-0.1, -0.05) is 11.6 Å². The van der Waals surface area contributed by atoms with Gasteiger partial charge in [0.05, 0.1) is 0 Å². The third kappa shape index (κ3) is 1.21. The Kier molecular flexibility index (Phi) is 2.00. The predicted octanol–water partition coefficient (Wildman–Crippen LogP) is 2.87. The Morgan fingerprint density at radius 2 is 1.89 bits per heavy atom. The SMILES string of the molecule is CC1(C(Cl)Cl)OC1(Cl)Br. The van der Waals surface area contributed by atoms with Crippen molar-refractivity contribution in [2.45, 2.75) is 21.3 Å². The number of alkyl halides is 4. The molecule has 0 N–H and O–H groups in total. The van der Waals surface area contributed by atoms with Gasteiger partial charge in [-0.2, -0.15) is 0 Å². The molecule has 1 fully saturated rings. The van der Waals surface area contributed by atoms with Crippen molar-refractivity contribution in [2.24, 2.45) is 0 Å². The lowest BCUT2D eigenvalue weighted by Gasteiger charge is -2.04. The molecule has 0 aromatic heterocycles. The fourth-order valence-electron chi connectivity index (χ4n) is 0.412. The summed E-state index contributed by atoms with van der Waals surface area (Å²) in [5.41, 5.74) is -0.641. The molecule has 0 spiro atoms. The molecule has 1 aliphatic rings. The molecule has 1 saturated heterocycles. The highest BCUT2D eigenvalue weighted by molar-refractivity contribution is 9.10. The fourth-order valence-corrected chi connectivity index (χ4v) is 2.02. The summed E-state index contributed by atoms with van der Waals surface area (Å²) in [7, 11) is 0. The van der Waals surface area contributed by atoms with Crippen molar-refractivity contribution < 1.29 is 4.74 Å². The maximum Gasteiger partial charge on any atom is 0.230 e. The van der Waals surface area contributed by atoms with Crippen LogP contribution in [0.5, 0.6) is 0 Å².